The van der Waals surface area contributed by atoms with Crippen molar-refractivity contribution in [1.82, 2.24) is 5.32 Å². The Bertz CT molecular complexity index is 624. The number of rotatable bonds is 2. The van der Waals surface area contributed by atoms with Gasteiger partial charge in [-0.25, -0.2) is 4.99 Å². The minimum Gasteiger partial charge on any atom is -0.378 e. The van der Waals surface area contributed by atoms with Crippen LogP contribution in [0.15, 0.2) is 39.8 Å². The number of hydrogen-bond acceptors (Lipinski definition) is 5. The van der Waals surface area contributed by atoms with Crippen molar-refractivity contribution < 1.29 is 13.7 Å². The highest BCUT2D eigenvalue weighted by atomic mass is 35.5. The maximum absolute atomic E-state index is 13.8. The van der Waals surface area contributed by atoms with Crippen molar-refractivity contribution in [2.24, 2.45) is 10.7 Å². The Labute approximate surface area is 117 Å². The Morgan fingerprint density at radius 2 is 2.15 bits per heavy atom. The van der Waals surface area contributed by atoms with Gasteiger partial charge in [0, 0.05) is 11.1 Å². The van der Waals surface area contributed by atoms with E-state index in [0.717, 1.165) is 13.0 Å². The summed E-state index contributed by atoms with van der Waals surface area (Å²) in [5.74, 6) is -3.67. The standard InChI is InChI=1S/C11H11ClF2N4O2/c1-5-7-6(3-4-10(5,13)14)17-9(15)8(18(19)20)11(7,12)16-2/h3-4,16H,15H2,1-2H3. The third-order valence-corrected chi connectivity index (χ3v) is 3.82. The molecule has 0 fully saturated rings. The lowest BCUT2D eigenvalue weighted by atomic mass is 9.85. The molecule has 1 heterocycles. The van der Waals surface area contributed by atoms with Gasteiger partial charge in [-0.15, -0.1) is 0 Å². The number of aliphatic imine (C=N–C) groups is 1. The van der Waals surface area contributed by atoms with Crippen LogP contribution in [0.2, 0.25) is 0 Å². The Morgan fingerprint density at radius 3 is 2.65 bits per heavy atom. The molecule has 0 spiro atoms. The van der Waals surface area contributed by atoms with Crippen molar-refractivity contribution in [3.05, 3.63) is 44.9 Å². The normalized spacial score (nSPS) is 28.4. The van der Waals surface area contributed by atoms with Crippen LogP contribution in [-0.4, -0.2) is 28.6 Å². The Kier molecular flexibility index (Phi) is 3.18. The molecule has 2 aliphatic rings. The number of allylic oxidation sites excluding steroid dienone is 3. The lowest BCUT2D eigenvalue weighted by Gasteiger charge is -2.34. The van der Waals surface area contributed by atoms with Crippen LogP contribution in [0.25, 0.3) is 0 Å². The molecule has 1 aliphatic carbocycles. The molecule has 9 heteroatoms. The largest absolute Gasteiger partial charge is 0.378 e. The molecule has 0 bridgehead atoms. The number of nitrogens with one attached hydrogen (secondary N) is 1. The van der Waals surface area contributed by atoms with Gasteiger partial charge in [0.15, 0.2) is 0 Å². The number of nitrogens with two attached hydrogens (primary N) is 1. The smallest absolute Gasteiger partial charge is 0.327 e. The Morgan fingerprint density at radius 1 is 1.55 bits per heavy atom. The molecule has 0 aromatic rings. The molecule has 0 saturated carbocycles. The van der Waals surface area contributed by atoms with Gasteiger partial charge in [-0.3, -0.25) is 15.4 Å². The van der Waals surface area contributed by atoms with Gasteiger partial charge < -0.3 is 5.73 Å². The predicted octanol–water partition coefficient (Wildman–Crippen LogP) is 1.52. The van der Waals surface area contributed by atoms with E-state index in [1.807, 2.05) is 0 Å². The highest BCUT2D eigenvalue weighted by molar-refractivity contribution is 6.33. The van der Waals surface area contributed by atoms with E-state index in [4.69, 9.17) is 17.3 Å². The molecular weight excluding hydrogens is 294 g/mol. The molecule has 20 heavy (non-hydrogen) atoms. The van der Waals surface area contributed by atoms with Crippen LogP contribution in [0.5, 0.6) is 0 Å². The van der Waals surface area contributed by atoms with Crippen molar-refractivity contribution in [1.29, 1.82) is 0 Å². The molecule has 0 saturated heterocycles. The minimum atomic E-state index is -3.25. The van der Waals surface area contributed by atoms with Crippen molar-refractivity contribution in [3.8, 4) is 0 Å². The first-order valence-electron chi connectivity index (χ1n) is 5.55. The van der Waals surface area contributed by atoms with Crippen molar-refractivity contribution in [2.75, 3.05) is 7.05 Å². The summed E-state index contributed by atoms with van der Waals surface area (Å²) >= 11 is 6.21. The second-order valence-corrected chi connectivity index (χ2v) is 4.92. The van der Waals surface area contributed by atoms with Crippen molar-refractivity contribution in [2.45, 2.75) is 17.8 Å². The zero-order chi connectivity index (χ0) is 15.3. The summed E-state index contributed by atoms with van der Waals surface area (Å²) in [7, 11) is 1.32. The van der Waals surface area contributed by atoms with Gasteiger partial charge in [-0.2, -0.15) is 8.78 Å². The van der Waals surface area contributed by atoms with Crippen LogP contribution in [-0.2, 0) is 0 Å². The van der Waals surface area contributed by atoms with Crippen LogP contribution >= 0.6 is 11.6 Å². The molecular formula is C11H11ClF2N4O2. The van der Waals surface area contributed by atoms with Gasteiger partial charge in [0.2, 0.25) is 10.8 Å². The zero-order valence-electron chi connectivity index (χ0n) is 10.6. The summed E-state index contributed by atoms with van der Waals surface area (Å²) in [4.78, 5) is 12.1. The molecule has 2 rings (SSSR count). The van der Waals surface area contributed by atoms with E-state index >= 15 is 0 Å². The van der Waals surface area contributed by atoms with E-state index in [1.54, 1.807) is 0 Å². The number of nitrogens with zero attached hydrogens (tertiary/aromatic N) is 2. The van der Waals surface area contributed by atoms with E-state index < -0.39 is 32.9 Å². The monoisotopic (exact) mass is 304 g/mol. The molecule has 1 unspecified atom stereocenters. The maximum Gasteiger partial charge on any atom is 0.327 e. The van der Waals surface area contributed by atoms with E-state index in [9.17, 15) is 18.9 Å². The number of likely N-dealkylation sites (N-methyl/N-ethyl adjacent to an activating group) is 1. The van der Waals surface area contributed by atoms with Gasteiger partial charge in [0.1, 0.15) is 0 Å². The van der Waals surface area contributed by atoms with Gasteiger partial charge >= 0.3 is 5.70 Å². The summed E-state index contributed by atoms with van der Waals surface area (Å²) in [6.07, 6.45) is 1.71. The highest BCUT2D eigenvalue weighted by Crippen LogP contribution is 2.44. The van der Waals surface area contributed by atoms with Gasteiger partial charge in [0.25, 0.3) is 5.92 Å². The third-order valence-electron chi connectivity index (χ3n) is 3.26. The number of hydrogen-bond donors (Lipinski definition) is 2. The van der Waals surface area contributed by atoms with Gasteiger partial charge in [-0.1, -0.05) is 11.6 Å². The Balaban J connectivity index is 2.81. The first-order chi connectivity index (χ1) is 9.15. The SMILES string of the molecule is CNC1(Cl)C2=C(C)C(F)(F)C=CC2=NC(N)=C1[N+](=O)[O-]. The van der Waals surface area contributed by atoms with Gasteiger partial charge in [0.05, 0.1) is 10.6 Å². The summed E-state index contributed by atoms with van der Waals surface area (Å²) in [5.41, 5.74) is 4.41. The van der Waals surface area contributed by atoms with Crippen molar-refractivity contribution in [3.63, 3.8) is 0 Å². The quantitative estimate of drug-likeness (QED) is 0.350. The fourth-order valence-corrected chi connectivity index (χ4v) is 2.62. The summed E-state index contributed by atoms with van der Waals surface area (Å²) in [6, 6.07) is 0. The highest BCUT2D eigenvalue weighted by Gasteiger charge is 2.53. The fourth-order valence-electron chi connectivity index (χ4n) is 2.22. The van der Waals surface area contributed by atoms with Crippen LogP contribution in [0.4, 0.5) is 8.78 Å². The zero-order valence-corrected chi connectivity index (χ0v) is 11.3. The molecule has 1 aliphatic heterocycles. The summed E-state index contributed by atoms with van der Waals surface area (Å²) in [6.45, 7) is 1.15. The predicted molar refractivity (Wildman–Crippen MR) is 70.1 cm³/mol. The van der Waals surface area contributed by atoms with Crippen LogP contribution in [0, 0.1) is 10.1 Å². The molecule has 0 aromatic carbocycles. The van der Waals surface area contributed by atoms with E-state index in [1.165, 1.54) is 7.05 Å². The molecule has 3 N–H and O–H groups in total. The number of nitro groups is 1. The van der Waals surface area contributed by atoms with Crippen LogP contribution in [0.3, 0.4) is 0 Å². The molecule has 6 nitrogen and oxygen atoms in total. The lowest BCUT2D eigenvalue weighted by Crippen LogP contribution is -2.51. The number of alkyl halides is 3. The molecule has 108 valence electrons. The average Bonchev–Trinajstić information content (AvgIpc) is 2.33. The van der Waals surface area contributed by atoms with Crippen LogP contribution < -0.4 is 11.1 Å². The molecule has 0 radical (unpaired) electrons. The van der Waals surface area contributed by atoms with Crippen LogP contribution in [0.1, 0.15) is 6.92 Å². The summed E-state index contributed by atoms with van der Waals surface area (Å²) < 4.78 is 27.5. The molecule has 0 amide bonds. The molecule has 0 aromatic heterocycles. The van der Waals surface area contributed by atoms with Crippen molar-refractivity contribution >= 4 is 17.3 Å². The number of fused-ring (bicyclic) bond motifs is 1. The van der Waals surface area contributed by atoms with Gasteiger partial charge in [-0.05, 0) is 26.1 Å². The summed E-state index contributed by atoms with van der Waals surface area (Å²) in [5, 5.41) is 13.6. The molecule has 1 atom stereocenters. The van der Waals surface area contributed by atoms with E-state index in [0.29, 0.717) is 6.08 Å². The fraction of sp³-hybridized carbons (Fsp3) is 0.364. The van der Waals surface area contributed by atoms with E-state index in [-0.39, 0.29) is 11.3 Å². The number of halogens is 3. The first-order valence-corrected chi connectivity index (χ1v) is 5.93. The minimum absolute atomic E-state index is 0.0841. The lowest BCUT2D eigenvalue weighted by molar-refractivity contribution is -0.432. The maximum atomic E-state index is 13.8. The second kappa shape index (κ2) is 4.35. The average molecular weight is 305 g/mol. The second-order valence-electron chi connectivity index (χ2n) is 4.35. The Hall–Kier alpha value is -1.80. The first kappa shape index (κ1) is 14.6. The van der Waals surface area contributed by atoms with E-state index in [2.05, 4.69) is 10.3 Å². The topological polar surface area (TPSA) is 93.5 Å². The third kappa shape index (κ3) is 1.83.